The van der Waals surface area contributed by atoms with Crippen molar-refractivity contribution >= 4 is 5.96 Å². The summed E-state index contributed by atoms with van der Waals surface area (Å²) in [6, 6.07) is 10.4. The second-order valence-corrected chi connectivity index (χ2v) is 6.18. The van der Waals surface area contributed by atoms with Gasteiger partial charge in [0.05, 0.1) is 0 Å². The molecule has 0 aliphatic carbocycles. The molecule has 2 rings (SSSR count). The molecule has 0 spiro atoms. The van der Waals surface area contributed by atoms with Gasteiger partial charge < -0.3 is 19.5 Å². The molecule has 1 aromatic carbocycles. The smallest absolute Gasteiger partial charge is 0.194 e. The van der Waals surface area contributed by atoms with Gasteiger partial charge >= 0.3 is 0 Å². The number of aliphatic imine (C=N–C) groups is 1. The molecule has 26 heavy (non-hydrogen) atoms. The highest BCUT2D eigenvalue weighted by Gasteiger charge is 2.09. The van der Waals surface area contributed by atoms with Crippen LogP contribution in [0.5, 0.6) is 0 Å². The van der Waals surface area contributed by atoms with Crippen molar-refractivity contribution in [2.24, 2.45) is 12.0 Å². The standard InChI is InChI=1S/C19H30N6O/c1-5-26-13-9-12-20-19(21-14-18-23-22-16(2)25(18)4)24(3)15-17-10-7-6-8-11-17/h6-8,10-11H,5,9,12-15H2,1-4H3,(H,20,21). The Hall–Kier alpha value is -2.41. The van der Waals surface area contributed by atoms with Gasteiger partial charge in [0, 0.05) is 40.4 Å². The van der Waals surface area contributed by atoms with E-state index in [9.17, 15) is 0 Å². The number of aromatic nitrogens is 3. The van der Waals surface area contributed by atoms with Gasteiger partial charge in [-0.1, -0.05) is 30.3 Å². The fourth-order valence-electron chi connectivity index (χ4n) is 2.50. The van der Waals surface area contributed by atoms with Crippen molar-refractivity contribution in [1.82, 2.24) is 25.0 Å². The third kappa shape index (κ3) is 6.15. The first-order valence-electron chi connectivity index (χ1n) is 9.07. The van der Waals surface area contributed by atoms with E-state index in [4.69, 9.17) is 9.73 Å². The van der Waals surface area contributed by atoms with E-state index < -0.39 is 0 Å². The third-order valence-electron chi connectivity index (χ3n) is 4.13. The lowest BCUT2D eigenvalue weighted by Crippen LogP contribution is -2.39. The molecule has 0 unspecified atom stereocenters. The van der Waals surface area contributed by atoms with E-state index in [2.05, 4.69) is 44.7 Å². The Morgan fingerprint density at radius 3 is 2.69 bits per heavy atom. The summed E-state index contributed by atoms with van der Waals surface area (Å²) in [6.45, 7) is 7.55. The topological polar surface area (TPSA) is 67.6 Å². The molecule has 0 saturated heterocycles. The van der Waals surface area contributed by atoms with Crippen LogP contribution in [-0.4, -0.2) is 52.4 Å². The summed E-state index contributed by atoms with van der Waals surface area (Å²) in [5, 5.41) is 11.7. The van der Waals surface area contributed by atoms with E-state index >= 15 is 0 Å². The third-order valence-corrected chi connectivity index (χ3v) is 4.13. The molecule has 0 aliphatic rings. The quantitative estimate of drug-likeness (QED) is 0.422. The molecule has 142 valence electrons. The Labute approximate surface area is 156 Å². The number of hydrogen-bond donors (Lipinski definition) is 1. The zero-order valence-corrected chi connectivity index (χ0v) is 16.3. The largest absolute Gasteiger partial charge is 0.382 e. The summed E-state index contributed by atoms with van der Waals surface area (Å²) in [7, 11) is 4.01. The molecule has 7 heteroatoms. The molecule has 0 atom stereocenters. The minimum absolute atomic E-state index is 0.490. The van der Waals surface area contributed by atoms with Crippen LogP contribution >= 0.6 is 0 Å². The van der Waals surface area contributed by atoms with Gasteiger partial charge in [0.25, 0.3) is 0 Å². The van der Waals surface area contributed by atoms with Crippen molar-refractivity contribution in [3.63, 3.8) is 0 Å². The van der Waals surface area contributed by atoms with Gasteiger partial charge in [0.2, 0.25) is 0 Å². The maximum atomic E-state index is 5.40. The molecule has 0 bridgehead atoms. The van der Waals surface area contributed by atoms with E-state index in [1.165, 1.54) is 5.56 Å². The van der Waals surface area contributed by atoms with Crippen LogP contribution < -0.4 is 5.32 Å². The molecule has 0 fully saturated rings. The zero-order chi connectivity index (χ0) is 18.8. The normalized spacial score (nSPS) is 11.6. The Bertz CT molecular complexity index is 683. The SMILES string of the molecule is CCOCCCNC(=NCc1nnc(C)n1C)N(C)Cc1ccccc1. The lowest BCUT2D eigenvalue weighted by Gasteiger charge is -2.22. The zero-order valence-electron chi connectivity index (χ0n) is 16.3. The highest BCUT2D eigenvalue weighted by Crippen LogP contribution is 2.05. The molecule has 0 aliphatic heterocycles. The average Bonchev–Trinajstić information content (AvgIpc) is 2.96. The van der Waals surface area contributed by atoms with Crippen LogP contribution in [0.2, 0.25) is 0 Å². The van der Waals surface area contributed by atoms with Crippen LogP contribution in [0.15, 0.2) is 35.3 Å². The van der Waals surface area contributed by atoms with Crippen LogP contribution in [0.25, 0.3) is 0 Å². The molecule has 0 amide bonds. The van der Waals surface area contributed by atoms with E-state index in [0.29, 0.717) is 6.54 Å². The molecule has 2 aromatic rings. The van der Waals surface area contributed by atoms with Gasteiger partial charge in [-0.3, -0.25) is 0 Å². The van der Waals surface area contributed by atoms with Crippen LogP contribution in [-0.2, 0) is 24.9 Å². The van der Waals surface area contributed by atoms with Crippen LogP contribution in [0.1, 0.15) is 30.6 Å². The maximum absolute atomic E-state index is 5.40. The van der Waals surface area contributed by atoms with Crippen molar-refractivity contribution in [2.45, 2.75) is 33.4 Å². The summed E-state index contributed by atoms with van der Waals surface area (Å²) < 4.78 is 7.37. The van der Waals surface area contributed by atoms with Gasteiger partial charge in [-0.25, -0.2) is 4.99 Å². The first kappa shape index (κ1) is 19.9. The van der Waals surface area contributed by atoms with Crippen LogP contribution in [0, 0.1) is 6.92 Å². The number of aryl methyl sites for hydroxylation is 1. The molecule has 1 aromatic heterocycles. The number of benzene rings is 1. The maximum Gasteiger partial charge on any atom is 0.194 e. The van der Waals surface area contributed by atoms with E-state index in [0.717, 1.165) is 50.3 Å². The molecular weight excluding hydrogens is 328 g/mol. The molecule has 7 nitrogen and oxygen atoms in total. The summed E-state index contributed by atoms with van der Waals surface area (Å²) in [4.78, 5) is 6.87. The predicted octanol–water partition coefficient (Wildman–Crippen LogP) is 2.13. The first-order valence-corrected chi connectivity index (χ1v) is 9.07. The second kappa shape index (κ2) is 10.6. The number of nitrogens with one attached hydrogen (secondary N) is 1. The minimum atomic E-state index is 0.490. The number of ether oxygens (including phenoxy) is 1. The van der Waals surface area contributed by atoms with Crippen LogP contribution in [0.4, 0.5) is 0 Å². The fraction of sp³-hybridized carbons (Fsp3) is 0.526. The van der Waals surface area contributed by atoms with Gasteiger partial charge in [-0.15, -0.1) is 10.2 Å². The highest BCUT2D eigenvalue weighted by molar-refractivity contribution is 5.79. The summed E-state index contributed by atoms with van der Waals surface area (Å²) in [5.41, 5.74) is 1.24. The molecule has 1 N–H and O–H groups in total. The highest BCUT2D eigenvalue weighted by atomic mass is 16.5. The van der Waals surface area contributed by atoms with E-state index in [-0.39, 0.29) is 0 Å². The van der Waals surface area contributed by atoms with Gasteiger partial charge in [-0.2, -0.15) is 0 Å². The minimum Gasteiger partial charge on any atom is -0.382 e. The summed E-state index contributed by atoms with van der Waals surface area (Å²) in [5.74, 6) is 2.59. The van der Waals surface area contributed by atoms with E-state index in [1.807, 2.05) is 38.6 Å². The summed E-state index contributed by atoms with van der Waals surface area (Å²) >= 11 is 0. The van der Waals surface area contributed by atoms with Crippen molar-refractivity contribution in [3.05, 3.63) is 47.5 Å². The Morgan fingerprint density at radius 2 is 2.04 bits per heavy atom. The number of nitrogens with zero attached hydrogens (tertiary/aromatic N) is 5. The molecule has 1 heterocycles. The van der Waals surface area contributed by atoms with Crippen molar-refractivity contribution in [3.8, 4) is 0 Å². The molecule has 0 radical (unpaired) electrons. The Morgan fingerprint density at radius 1 is 1.27 bits per heavy atom. The van der Waals surface area contributed by atoms with Gasteiger partial charge in [0.15, 0.2) is 11.8 Å². The predicted molar refractivity (Wildman–Crippen MR) is 104 cm³/mol. The Kier molecular flexibility index (Phi) is 8.08. The average molecular weight is 358 g/mol. The fourth-order valence-corrected chi connectivity index (χ4v) is 2.50. The molecular formula is C19H30N6O. The second-order valence-electron chi connectivity index (χ2n) is 6.18. The molecule has 0 saturated carbocycles. The van der Waals surface area contributed by atoms with Gasteiger partial charge in [-0.05, 0) is 25.8 Å². The van der Waals surface area contributed by atoms with Crippen molar-refractivity contribution in [1.29, 1.82) is 0 Å². The number of guanidine groups is 1. The number of hydrogen-bond acceptors (Lipinski definition) is 4. The van der Waals surface area contributed by atoms with Crippen molar-refractivity contribution in [2.75, 3.05) is 26.8 Å². The lowest BCUT2D eigenvalue weighted by atomic mass is 10.2. The van der Waals surface area contributed by atoms with E-state index in [1.54, 1.807) is 0 Å². The first-order chi connectivity index (χ1) is 12.6. The van der Waals surface area contributed by atoms with Crippen molar-refractivity contribution < 1.29 is 4.74 Å². The monoisotopic (exact) mass is 358 g/mol. The summed E-state index contributed by atoms with van der Waals surface area (Å²) in [6.07, 6.45) is 0.940. The van der Waals surface area contributed by atoms with Gasteiger partial charge in [0.1, 0.15) is 12.4 Å². The van der Waals surface area contributed by atoms with Crippen LogP contribution in [0.3, 0.4) is 0 Å². The number of rotatable bonds is 9. The lowest BCUT2D eigenvalue weighted by molar-refractivity contribution is 0.145. The Balaban J connectivity index is 2.02.